The number of anilines is 1. The Morgan fingerprint density at radius 3 is 2.93 bits per heavy atom. The summed E-state index contributed by atoms with van der Waals surface area (Å²) in [6, 6.07) is 0. The lowest BCUT2D eigenvalue weighted by Crippen LogP contribution is -2.12. The molecule has 0 saturated carbocycles. The molecule has 0 bridgehead atoms. The lowest BCUT2D eigenvalue weighted by atomic mass is 10.3. The number of nitrogens with one attached hydrogen (secondary N) is 1. The number of carbonyl (C=O) groups is 1. The van der Waals surface area contributed by atoms with Gasteiger partial charge in [0.15, 0.2) is 16.8 Å². The Labute approximate surface area is 157 Å². The van der Waals surface area contributed by atoms with Crippen LogP contribution in [0.3, 0.4) is 0 Å². The van der Waals surface area contributed by atoms with Gasteiger partial charge < -0.3 is 9.84 Å². The van der Waals surface area contributed by atoms with Crippen molar-refractivity contribution in [3.63, 3.8) is 0 Å². The molecule has 3 aromatic heterocycles. The van der Waals surface area contributed by atoms with E-state index in [-0.39, 0.29) is 18.2 Å². The van der Waals surface area contributed by atoms with Crippen LogP contribution in [0.2, 0.25) is 0 Å². The number of rotatable bonds is 8. The minimum atomic E-state index is -2.70. The lowest BCUT2D eigenvalue weighted by molar-refractivity contribution is -0.116. The number of aryl methyl sites for hydroxylation is 3. The van der Waals surface area contributed by atoms with Crippen LogP contribution in [0, 0.1) is 6.92 Å². The van der Waals surface area contributed by atoms with Crippen molar-refractivity contribution in [2.24, 2.45) is 0 Å². The van der Waals surface area contributed by atoms with Crippen molar-refractivity contribution >= 4 is 22.4 Å². The smallest absolute Gasteiger partial charge is 0.320 e. The Kier molecular flexibility index (Phi) is 5.89. The third-order valence-electron chi connectivity index (χ3n) is 3.67. The minimum Gasteiger partial charge on any atom is -0.339 e. The van der Waals surface area contributed by atoms with Gasteiger partial charge in [-0.15, -0.1) is 0 Å². The third kappa shape index (κ3) is 4.54. The Morgan fingerprint density at radius 2 is 2.19 bits per heavy atom. The number of amides is 1. The lowest BCUT2D eigenvalue weighted by Gasteiger charge is -2.04. The molecule has 0 atom stereocenters. The summed E-state index contributed by atoms with van der Waals surface area (Å²) >= 11 is 1.10. The Balaban J connectivity index is 1.62. The van der Waals surface area contributed by atoms with Gasteiger partial charge in [-0.1, -0.05) is 23.4 Å². The van der Waals surface area contributed by atoms with E-state index in [2.05, 4.69) is 25.4 Å². The zero-order valence-corrected chi connectivity index (χ0v) is 15.6. The zero-order chi connectivity index (χ0) is 19.4. The Bertz CT molecular complexity index is 920. The van der Waals surface area contributed by atoms with E-state index >= 15 is 0 Å². The molecule has 144 valence electrons. The van der Waals surface area contributed by atoms with Crippen molar-refractivity contribution < 1.29 is 18.1 Å². The largest absolute Gasteiger partial charge is 0.339 e. The van der Waals surface area contributed by atoms with Crippen LogP contribution in [0.5, 0.6) is 0 Å². The first-order chi connectivity index (χ1) is 13.0. The van der Waals surface area contributed by atoms with Gasteiger partial charge in [-0.05, 0) is 13.3 Å². The number of carbonyl (C=O) groups excluding carboxylic acids is 1. The molecular weight excluding hydrogens is 378 g/mol. The highest BCUT2D eigenvalue weighted by molar-refractivity contribution is 7.19. The van der Waals surface area contributed by atoms with Gasteiger partial charge >= 0.3 is 6.55 Å². The summed E-state index contributed by atoms with van der Waals surface area (Å²) in [4.78, 5) is 25.0. The SMILES string of the molecule is CCCc1noc(CCC(=O)Nc2nc(C)c(-c3nccn3C(F)F)s2)n1. The molecule has 0 aliphatic rings. The van der Waals surface area contributed by atoms with Crippen LogP contribution in [0.4, 0.5) is 13.9 Å². The predicted octanol–water partition coefficient (Wildman–Crippen LogP) is 3.62. The molecule has 3 rings (SSSR count). The molecule has 0 unspecified atom stereocenters. The number of nitrogens with zero attached hydrogens (tertiary/aromatic N) is 5. The molecule has 1 amide bonds. The standard InChI is InChI=1S/C16H18F2N6O2S/c1-3-4-10-21-12(26-23-10)6-5-11(25)22-16-20-9(2)13(27-16)14-19-7-8-24(14)15(17)18/h7-8,15H,3-6H2,1-2H3,(H,20,22,25). The average molecular weight is 396 g/mol. The summed E-state index contributed by atoms with van der Waals surface area (Å²) in [5.74, 6) is 0.878. The third-order valence-corrected chi connectivity index (χ3v) is 4.74. The molecule has 27 heavy (non-hydrogen) atoms. The topological polar surface area (TPSA) is 98.7 Å². The van der Waals surface area contributed by atoms with Gasteiger partial charge in [-0.25, -0.2) is 9.97 Å². The van der Waals surface area contributed by atoms with Crippen molar-refractivity contribution in [3.05, 3.63) is 29.8 Å². The van der Waals surface area contributed by atoms with E-state index < -0.39 is 6.55 Å². The van der Waals surface area contributed by atoms with E-state index in [0.29, 0.717) is 33.8 Å². The fourth-order valence-electron chi connectivity index (χ4n) is 2.42. The predicted molar refractivity (Wildman–Crippen MR) is 94.6 cm³/mol. The first-order valence-electron chi connectivity index (χ1n) is 8.38. The maximum absolute atomic E-state index is 13.0. The molecule has 8 nitrogen and oxygen atoms in total. The van der Waals surface area contributed by atoms with Gasteiger partial charge in [0, 0.05) is 31.7 Å². The Morgan fingerprint density at radius 1 is 1.37 bits per heavy atom. The summed E-state index contributed by atoms with van der Waals surface area (Å²) in [7, 11) is 0. The number of thiazole rings is 1. The molecule has 11 heteroatoms. The van der Waals surface area contributed by atoms with E-state index in [1.54, 1.807) is 6.92 Å². The number of hydrogen-bond donors (Lipinski definition) is 1. The second-order valence-corrected chi connectivity index (χ2v) is 6.77. The van der Waals surface area contributed by atoms with Crippen molar-refractivity contribution in [1.29, 1.82) is 0 Å². The van der Waals surface area contributed by atoms with Crippen LogP contribution < -0.4 is 5.32 Å². The summed E-state index contributed by atoms with van der Waals surface area (Å²) in [6.07, 6.45) is 4.61. The monoisotopic (exact) mass is 396 g/mol. The van der Waals surface area contributed by atoms with Gasteiger partial charge in [0.05, 0.1) is 10.6 Å². The van der Waals surface area contributed by atoms with Crippen LogP contribution in [0.25, 0.3) is 10.7 Å². The maximum Gasteiger partial charge on any atom is 0.320 e. The molecular formula is C16H18F2N6O2S. The molecule has 0 aliphatic carbocycles. The second-order valence-electron chi connectivity index (χ2n) is 5.77. The molecule has 3 aromatic rings. The van der Waals surface area contributed by atoms with E-state index in [1.165, 1.54) is 12.4 Å². The van der Waals surface area contributed by atoms with Crippen LogP contribution >= 0.6 is 11.3 Å². The van der Waals surface area contributed by atoms with Crippen LogP contribution in [0.15, 0.2) is 16.9 Å². The first kappa shape index (κ1) is 19.1. The summed E-state index contributed by atoms with van der Waals surface area (Å²) < 4.78 is 31.9. The number of hydrogen-bond acceptors (Lipinski definition) is 7. The molecule has 0 radical (unpaired) electrons. The summed E-state index contributed by atoms with van der Waals surface area (Å²) in [5.41, 5.74) is 0.518. The molecule has 1 N–H and O–H groups in total. The maximum atomic E-state index is 13.0. The van der Waals surface area contributed by atoms with Crippen LogP contribution in [-0.2, 0) is 17.6 Å². The van der Waals surface area contributed by atoms with Crippen LogP contribution in [-0.4, -0.2) is 30.6 Å². The molecule has 0 spiro atoms. The molecule has 3 heterocycles. The highest BCUT2D eigenvalue weighted by Gasteiger charge is 2.19. The number of halogens is 2. The molecule has 0 fully saturated rings. The van der Waals surface area contributed by atoms with E-state index in [1.807, 2.05) is 6.92 Å². The van der Waals surface area contributed by atoms with Gasteiger partial charge in [0.2, 0.25) is 11.8 Å². The zero-order valence-electron chi connectivity index (χ0n) is 14.8. The first-order valence-corrected chi connectivity index (χ1v) is 9.19. The van der Waals surface area contributed by atoms with Crippen molar-refractivity contribution in [2.45, 2.75) is 46.1 Å². The van der Waals surface area contributed by atoms with Gasteiger partial charge in [0.25, 0.3) is 0 Å². The van der Waals surface area contributed by atoms with Crippen molar-refractivity contribution in [1.82, 2.24) is 24.7 Å². The molecule has 0 aromatic carbocycles. The number of imidazole rings is 1. The average Bonchev–Trinajstić information content (AvgIpc) is 3.33. The summed E-state index contributed by atoms with van der Waals surface area (Å²) in [6.45, 7) is 0.996. The second kappa shape index (κ2) is 8.33. The normalized spacial score (nSPS) is 11.3. The van der Waals surface area contributed by atoms with Crippen LogP contribution in [0.1, 0.15) is 43.7 Å². The minimum absolute atomic E-state index is 0.120. The molecule has 0 aliphatic heterocycles. The Hall–Kier alpha value is -2.69. The van der Waals surface area contributed by atoms with E-state index in [0.717, 1.165) is 28.7 Å². The highest BCUT2D eigenvalue weighted by atomic mass is 32.1. The number of aromatic nitrogens is 5. The fraction of sp³-hybridized carbons (Fsp3) is 0.438. The van der Waals surface area contributed by atoms with Crippen molar-refractivity contribution in [2.75, 3.05) is 5.32 Å². The fourth-order valence-corrected chi connectivity index (χ4v) is 3.41. The molecule has 0 saturated heterocycles. The van der Waals surface area contributed by atoms with Gasteiger partial charge in [-0.3, -0.25) is 9.36 Å². The highest BCUT2D eigenvalue weighted by Crippen LogP contribution is 2.33. The summed E-state index contributed by atoms with van der Waals surface area (Å²) in [5, 5.41) is 6.83. The van der Waals surface area contributed by atoms with Gasteiger partial charge in [0.1, 0.15) is 0 Å². The van der Waals surface area contributed by atoms with Gasteiger partial charge in [-0.2, -0.15) is 13.8 Å². The van der Waals surface area contributed by atoms with Crippen molar-refractivity contribution in [3.8, 4) is 10.7 Å². The number of alkyl halides is 2. The van der Waals surface area contributed by atoms with E-state index in [4.69, 9.17) is 4.52 Å². The van der Waals surface area contributed by atoms with E-state index in [9.17, 15) is 13.6 Å². The quantitative estimate of drug-likeness (QED) is 0.624.